The molecule has 0 atom stereocenters. The second-order valence-electron chi connectivity index (χ2n) is 3.59. The summed E-state index contributed by atoms with van der Waals surface area (Å²) in [5, 5.41) is 1.13. The van der Waals surface area contributed by atoms with Gasteiger partial charge in [-0.3, -0.25) is 0 Å². The Bertz CT molecular complexity index is 559. The molecule has 17 heavy (non-hydrogen) atoms. The van der Waals surface area contributed by atoms with Crippen molar-refractivity contribution in [2.45, 2.75) is 0 Å². The van der Waals surface area contributed by atoms with Crippen LogP contribution in [0.4, 0.5) is 0 Å². The van der Waals surface area contributed by atoms with E-state index in [-0.39, 0.29) is 6.79 Å². The van der Waals surface area contributed by atoms with Crippen LogP contribution in [-0.4, -0.2) is 28.6 Å². The molecule has 0 amide bonds. The highest BCUT2D eigenvalue weighted by Crippen LogP contribution is 2.42. The molecule has 0 saturated carbocycles. The normalized spacial score (nSPS) is 14.2. The summed E-state index contributed by atoms with van der Waals surface area (Å²) < 4.78 is 37.6. The van der Waals surface area contributed by atoms with E-state index in [1.165, 1.54) is 13.2 Å². The van der Waals surface area contributed by atoms with Gasteiger partial charge in [-0.2, -0.15) is 0 Å². The van der Waals surface area contributed by atoms with Crippen molar-refractivity contribution in [3.05, 3.63) is 23.1 Å². The standard InChI is InChI=1S/C11H12O5S/c1-14-9-5-8(3-4-17(2,12)13)6-10-11(9)16-7-15-10/h3-6H,7H2,1-2H3/b4-3+. The summed E-state index contributed by atoms with van der Waals surface area (Å²) in [6, 6.07) is 3.39. The quantitative estimate of drug-likeness (QED) is 0.819. The van der Waals surface area contributed by atoms with E-state index >= 15 is 0 Å². The van der Waals surface area contributed by atoms with Gasteiger partial charge in [-0.05, 0) is 23.8 Å². The minimum absolute atomic E-state index is 0.144. The Hall–Kier alpha value is -1.69. The van der Waals surface area contributed by atoms with Gasteiger partial charge in [-0.1, -0.05) is 0 Å². The maximum atomic E-state index is 11.0. The first-order valence-electron chi connectivity index (χ1n) is 4.85. The van der Waals surface area contributed by atoms with E-state index in [1.807, 2.05) is 0 Å². The van der Waals surface area contributed by atoms with E-state index in [1.54, 1.807) is 12.1 Å². The molecule has 0 bridgehead atoms. The van der Waals surface area contributed by atoms with E-state index in [9.17, 15) is 8.42 Å². The van der Waals surface area contributed by atoms with Crippen molar-refractivity contribution in [3.63, 3.8) is 0 Å². The van der Waals surface area contributed by atoms with Crippen molar-refractivity contribution in [1.82, 2.24) is 0 Å². The number of methoxy groups -OCH3 is 1. The summed E-state index contributed by atoms with van der Waals surface area (Å²) in [6.45, 7) is 0.144. The molecule has 0 aliphatic carbocycles. The molecular weight excluding hydrogens is 244 g/mol. The molecule has 0 aromatic heterocycles. The topological polar surface area (TPSA) is 61.8 Å². The van der Waals surface area contributed by atoms with Crippen LogP contribution >= 0.6 is 0 Å². The van der Waals surface area contributed by atoms with E-state index in [2.05, 4.69) is 0 Å². The van der Waals surface area contributed by atoms with Gasteiger partial charge in [0.1, 0.15) is 0 Å². The molecule has 1 aromatic rings. The van der Waals surface area contributed by atoms with Crippen molar-refractivity contribution in [2.24, 2.45) is 0 Å². The maximum Gasteiger partial charge on any atom is 0.231 e. The fourth-order valence-electron chi connectivity index (χ4n) is 1.45. The molecule has 1 heterocycles. The van der Waals surface area contributed by atoms with Gasteiger partial charge in [-0.15, -0.1) is 0 Å². The summed E-state index contributed by atoms with van der Waals surface area (Å²) in [7, 11) is -1.63. The molecule has 0 spiro atoms. The van der Waals surface area contributed by atoms with Crippen LogP contribution in [0.5, 0.6) is 17.2 Å². The average Bonchev–Trinajstić information content (AvgIpc) is 2.72. The van der Waals surface area contributed by atoms with Gasteiger partial charge in [-0.25, -0.2) is 8.42 Å². The number of sulfone groups is 1. The van der Waals surface area contributed by atoms with Gasteiger partial charge in [0.2, 0.25) is 12.5 Å². The molecule has 0 fully saturated rings. The Labute approximate surface area is 99.5 Å². The molecule has 1 aromatic carbocycles. The SMILES string of the molecule is COc1cc(/C=C/S(C)(=O)=O)cc2c1OCO2. The molecule has 5 nitrogen and oxygen atoms in total. The lowest BCUT2D eigenvalue weighted by Gasteiger charge is -2.05. The van der Waals surface area contributed by atoms with Crippen LogP contribution in [0.25, 0.3) is 6.08 Å². The van der Waals surface area contributed by atoms with E-state index in [4.69, 9.17) is 14.2 Å². The number of fused-ring (bicyclic) bond motifs is 1. The van der Waals surface area contributed by atoms with Crippen molar-refractivity contribution >= 4 is 15.9 Å². The van der Waals surface area contributed by atoms with E-state index in [0.717, 1.165) is 11.7 Å². The second-order valence-corrected chi connectivity index (χ2v) is 5.52. The average molecular weight is 256 g/mol. The highest BCUT2D eigenvalue weighted by atomic mass is 32.2. The zero-order chi connectivity index (χ0) is 12.5. The third-order valence-electron chi connectivity index (χ3n) is 2.19. The lowest BCUT2D eigenvalue weighted by Crippen LogP contribution is -1.93. The minimum Gasteiger partial charge on any atom is -0.493 e. The first-order valence-corrected chi connectivity index (χ1v) is 6.81. The van der Waals surface area contributed by atoms with Gasteiger partial charge >= 0.3 is 0 Å². The van der Waals surface area contributed by atoms with Crippen LogP contribution in [0.15, 0.2) is 17.5 Å². The summed E-state index contributed by atoms with van der Waals surface area (Å²) in [6.07, 6.45) is 2.62. The molecular formula is C11H12O5S. The summed E-state index contributed by atoms with van der Waals surface area (Å²) >= 11 is 0. The third-order valence-corrected chi connectivity index (χ3v) is 2.82. The molecule has 1 aliphatic rings. The largest absolute Gasteiger partial charge is 0.493 e. The monoisotopic (exact) mass is 256 g/mol. The zero-order valence-electron chi connectivity index (χ0n) is 9.47. The Morgan fingerprint density at radius 2 is 2.12 bits per heavy atom. The van der Waals surface area contributed by atoms with Gasteiger partial charge in [0.05, 0.1) is 7.11 Å². The first kappa shape index (κ1) is 11.8. The first-order chi connectivity index (χ1) is 7.99. The summed E-state index contributed by atoms with van der Waals surface area (Å²) in [4.78, 5) is 0. The third kappa shape index (κ3) is 2.71. The Balaban J connectivity index is 2.41. The van der Waals surface area contributed by atoms with E-state index in [0.29, 0.717) is 22.8 Å². The number of benzene rings is 1. The lowest BCUT2D eigenvalue weighted by molar-refractivity contribution is 0.171. The fourth-order valence-corrected chi connectivity index (χ4v) is 1.85. The van der Waals surface area contributed by atoms with Crippen LogP contribution < -0.4 is 14.2 Å². The number of rotatable bonds is 3. The van der Waals surface area contributed by atoms with Crippen molar-refractivity contribution < 1.29 is 22.6 Å². The van der Waals surface area contributed by atoms with Crippen molar-refractivity contribution in [2.75, 3.05) is 20.2 Å². The summed E-state index contributed by atoms with van der Waals surface area (Å²) in [5.74, 6) is 1.62. The number of ether oxygens (including phenoxy) is 3. The predicted molar refractivity (Wildman–Crippen MR) is 63.0 cm³/mol. The molecule has 6 heteroatoms. The highest BCUT2D eigenvalue weighted by molar-refractivity contribution is 7.93. The fraction of sp³-hybridized carbons (Fsp3) is 0.273. The predicted octanol–water partition coefficient (Wildman–Crippen LogP) is 1.44. The van der Waals surface area contributed by atoms with Gasteiger partial charge < -0.3 is 14.2 Å². The minimum atomic E-state index is -3.15. The summed E-state index contributed by atoms with van der Waals surface area (Å²) in [5.41, 5.74) is 0.677. The lowest BCUT2D eigenvalue weighted by atomic mass is 10.2. The Morgan fingerprint density at radius 3 is 2.76 bits per heavy atom. The number of hydrogen-bond acceptors (Lipinski definition) is 5. The second kappa shape index (κ2) is 4.29. The Morgan fingerprint density at radius 1 is 1.35 bits per heavy atom. The van der Waals surface area contributed by atoms with Crippen LogP contribution in [-0.2, 0) is 9.84 Å². The molecule has 0 N–H and O–H groups in total. The van der Waals surface area contributed by atoms with Gasteiger partial charge in [0.25, 0.3) is 0 Å². The molecule has 0 radical (unpaired) electrons. The molecule has 92 valence electrons. The molecule has 0 saturated heterocycles. The van der Waals surface area contributed by atoms with Gasteiger partial charge in [0, 0.05) is 11.7 Å². The van der Waals surface area contributed by atoms with Gasteiger partial charge in [0.15, 0.2) is 21.3 Å². The van der Waals surface area contributed by atoms with Crippen LogP contribution in [0.3, 0.4) is 0 Å². The molecule has 0 unspecified atom stereocenters. The Kier molecular flexibility index (Phi) is 2.97. The van der Waals surface area contributed by atoms with Crippen molar-refractivity contribution in [3.8, 4) is 17.2 Å². The highest BCUT2D eigenvalue weighted by Gasteiger charge is 2.19. The van der Waals surface area contributed by atoms with Crippen molar-refractivity contribution in [1.29, 1.82) is 0 Å². The zero-order valence-corrected chi connectivity index (χ0v) is 10.3. The van der Waals surface area contributed by atoms with Crippen LogP contribution in [0.1, 0.15) is 5.56 Å². The molecule has 2 rings (SSSR count). The molecule has 1 aliphatic heterocycles. The maximum absolute atomic E-state index is 11.0. The number of hydrogen-bond donors (Lipinski definition) is 0. The van der Waals surface area contributed by atoms with E-state index < -0.39 is 9.84 Å². The smallest absolute Gasteiger partial charge is 0.231 e. The van der Waals surface area contributed by atoms with Crippen LogP contribution in [0.2, 0.25) is 0 Å². The van der Waals surface area contributed by atoms with Crippen LogP contribution in [0, 0.1) is 0 Å².